The van der Waals surface area contributed by atoms with Crippen LogP contribution in [-0.2, 0) is 4.74 Å². The molecule has 1 aliphatic carbocycles. The van der Waals surface area contributed by atoms with E-state index in [1.54, 1.807) is 7.11 Å². The zero-order valence-corrected chi connectivity index (χ0v) is 10.8. The maximum Gasteiger partial charge on any atom is 0.0900 e. The summed E-state index contributed by atoms with van der Waals surface area (Å²) >= 11 is 1.95. The first kappa shape index (κ1) is 13.3. The molecule has 0 aromatic carbocycles. The van der Waals surface area contributed by atoms with Gasteiger partial charge in [0.2, 0.25) is 0 Å². The first-order valence-corrected chi connectivity index (χ1v) is 6.87. The van der Waals surface area contributed by atoms with E-state index < -0.39 is 0 Å². The van der Waals surface area contributed by atoms with Gasteiger partial charge in [-0.2, -0.15) is 11.8 Å². The number of hydrogen-bond donors (Lipinski definition) is 1. The predicted octanol–water partition coefficient (Wildman–Crippen LogP) is 1.21. The monoisotopic (exact) mass is 233 g/mol. The van der Waals surface area contributed by atoms with Gasteiger partial charge in [-0.1, -0.05) is 6.42 Å². The van der Waals surface area contributed by atoms with Crippen LogP contribution in [0, 0.1) is 0 Å². The van der Waals surface area contributed by atoms with Crippen molar-refractivity contribution in [3.8, 4) is 0 Å². The largest absolute Gasteiger partial charge is 0.389 e. The van der Waals surface area contributed by atoms with Gasteiger partial charge in [-0.3, -0.25) is 4.90 Å². The second-order valence-corrected chi connectivity index (χ2v) is 5.40. The molecule has 0 spiro atoms. The number of aliphatic hydroxyl groups excluding tert-OH is 1. The Balaban J connectivity index is 2.35. The summed E-state index contributed by atoms with van der Waals surface area (Å²) in [6.07, 6.45) is 5.73. The number of methoxy groups -OCH3 is 1. The third kappa shape index (κ3) is 3.94. The Labute approximate surface area is 97.2 Å². The highest BCUT2D eigenvalue weighted by molar-refractivity contribution is 7.99. The summed E-state index contributed by atoms with van der Waals surface area (Å²) in [7, 11) is 3.74. The van der Waals surface area contributed by atoms with Crippen LogP contribution in [0.25, 0.3) is 0 Å². The van der Waals surface area contributed by atoms with E-state index in [9.17, 15) is 5.11 Å². The molecule has 1 aliphatic rings. The van der Waals surface area contributed by atoms with E-state index in [2.05, 4.69) is 18.2 Å². The van der Waals surface area contributed by atoms with Crippen molar-refractivity contribution < 1.29 is 9.84 Å². The third-order valence-electron chi connectivity index (χ3n) is 3.14. The minimum absolute atomic E-state index is 0.358. The van der Waals surface area contributed by atoms with Gasteiger partial charge in [-0.15, -0.1) is 0 Å². The summed E-state index contributed by atoms with van der Waals surface area (Å²) in [5, 5.41) is 10.4. The van der Waals surface area contributed by atoms with Crippen LogP contribution in [0.15, 0.2) is 0 Å². The van der Waals surface area contributed by atoms with E-state index in [1.807, 2.05) is 11.8 Å². The van der Waals surface area contributed by atoms with Crippen LogP contribution in [0.1, 0.15) is 19.3 Å². The summed E-state index contributed by atoms with van der Waals surface area (Å²) in [4.78, 5) is 2.29. The Morgan fingerprint density at radius 2 is 2.27 bits per heavy atom. The van der Waals surface area contributed by atoms with Gasteiger partial charge in [0, 0.05) is 24.9 Å². The molecule has 1 saturated carbocycles. The van der Waals surface area contributed by atoms with Crippen molar-refractivity contribution in [1.29, 1.82) is 0 Å². The standard InChI is InChI=1S/C11H23NO2S/c1-12(7-9(13)8-14-2)10-5-4-6-11(10)15-3/h9-11,13H,4-8H2,1-3H3/t9-,10-,11-/m1/s1. The zero-order chi connectivity index (χ0) is 11.3. The molecule has 0 aliphatic heterocycles. The fourth-order valence-corrected chi connectivity index (χ4v) is 3.46. The molecule has 0 saturated heterocycles. The molecule has 0 aromatic rings. The number of rotatable bonds is 6. The topological polar surface area (TPSA) is 32.7 Å². The van der Waals surface area contributed by atoms with E-state index in [0.29, 0.717) is 12.6 Å². The molecule has 90 valence electrons. The average Bonchev–Trinajstić information content (AvgIpc) is 2.65. The van der Waals surface area contributed by atoms with Crippen LogP contribution in [-0.4, -0.2) is 61.0 Å². The smallest absolute Gasteiger partial charge is 0.0900 e. The Morgan fingerprint density at radius 1 is 1.53 bits per heavy atom. The van der Waals surface area contributed by atoms with Gasteiger partial charge in [0.1, 0.15) is 0 Å². The van der Waals surface area contributed by atoms with Gasteiger partial charge in [-0.25, -0.2) is 0 Å². The van der Waals surface area contributed by atoms with Crippen molar-refractivity contribution in [2.75, 3.05) is 33.6 Å². The van der Waals surface area contributed by atoms with Crippen molar-refractivity contribution in [3.63, 3.8) is 0 Å². The Morgan fingerprint density at radius 3 is 2.87 bits per heavy atom. The SMILES string of the molecule is COC[C@H](O)CN(C)[C@@H]1CCC[C@H]1SC. The second kappa shape index (κ2) is 6.74. The van der Waals surface area contributed by atoms with Gasteiger partial charge in [0.05, 0.1) is 12.7 Å². The molecule has 15 heavy (non-hydrogen) atoms. The highest BCUT2D eigenvalue weighted by Crippen LogP contribution is 2.31. The number of nitrogens with zero attached hydrogens (tertiary/aromatic N) is 1. The van der Waals surface area contributed by atoms with Crippen molar-refractivity contribution >= 4 is 11.8 Å². The first-order valence-electron chi connectivity index (χ1n) is 5.59. The molecule has 0 unspecified atom stereocenters. The summed E-state index contributed by atoms with van der Waals surface area (Å²) < 4.78 is 4.94. The Kier molecular flexibility index (Phi) is 5.97. The van der Waals surface area contributed by atoms with Gasteiger partial charge < -0.3 is 9.84 Å². The van der Waals surface area contributed by atoms with E-state index >= 15 is 0 Å². The molecule has 1 fully saturated rings. The molecule has 1 rings (SSSR count). The maximum absolute atomic E-state index is 9.67. The number of ether oxygens (including phenoxy) is 1. The lowest BCUT2D eigenvalue weighted by atomic mass is 10.2. The lowest BCUT2D eigenvalue weighted by Gasteiger charge is -2.30. The van der Waals surface area contributed by atoms with E-state index in [4.69, 9.17) is 4.74 Å². The first-order chi connectivity index (χ1) is 7.19. The van der Waals surface area contributed by atoms with Crippen molar-refractivity contribution in [1.82, 2.24) is 4.90 Å². The highest BCUT2D eigenvalue weighted by Gasteiger charge is 2.30. The summed E-state index contributed by atoms with van der Waals surface area (Å²) in [5.74, 6) is 0. The molecule has 0 aromatic heterocycles. The molecule has 0 amide bonds. The predicted molar refractivity (Wildman–Crippen MR) is 65.5 cm³/mol. The quantitative estimate of drug-likeness (QED) is 0.747. The van der Waals surface area contributed by atoms with Crippen molar-refractivity contribution in [3.05, 3.63) is 0 Å². The van der Waals surface area contributed by atoms with Gasteiger partial charge >= 0.3 is 0 Å². The van der Waals surface area contributed by atoms with Crippen LogP contribution < -0.4 is 0 Å². The molecule has 0 heterocycles. The summed E-state index contributed by atoms with van der Waals surface area (Å²) in [6.45, 7) is 1.15. The fraction of sp³-hybridized carbons (Fsp3) is 1.00. The van der Waals surface area contributed by atoms with Crippen LogP contribution in [0.4, 0.5) is 0 Å². The summed E-state index contributed by atoms with van der Waals surface area (Å²) in [6, 6.07) is 0.631. The van der Waals surface area contributed by atoms with Gasteiger partial charge in [-0.05, 0) is 26.1 Å². The molecule has 0 bridgehead atoms. The highest BCUT2D eigenvalue weighted by atomic mass is 32.2. The normalized spacial score (nSPS) is 28.6. The van der Waals surface area contributed by atoms with Crippen LogP contribution in [0.3, 0.4) is 0 Å². The third-order valence-corrected chi connectivity index (χ3v) is 4.30. The van der Waals surface area contributed by atoms with Crippen LogP contribution >= 0.6 is 11.8 Å². The molecule has 0 radical (unpaired) electrons. The van der Waals surface area contributed by atoms with Gasteiger partial charge in [0.15, 0.2) is 0 Å². The van der Waals surface area contributed by atoms with Gasteiger partial charge in [0.25, 0.3) is 0 Å². The van der Waals surface area contributed by atoms with E-state index in [1.165, 1.54) is 19.3 Å². The molecular weight excluding hydrogens is 210 g/mol. The molecule has 1 N–H and O–H groups in total. The number of likely N-dealkylation sites (N-methyl/N-ethyl adjacent to an activating group) is 1. The van der Waals surface area contributed by atoms with Crippen LogP contribution in [0.5, 0.6) is 0 Å². The van der Waals surface area contributed by atoms with Crippen LogP contribution in [0.2, 0.25) is 0 Å². The fourth-order valence-electron chi connectivity index (χ4n) is 2.40. The van der Waals surface area contributed by atoms with E-state index in [0.717, 1.165) is 11.8 Å². The molecule has 4 heteroatoms. The number of aliphatic hydroxyl groups is 1. The average molecular weight is 233 g/mol. The second-order valence-electron chi connectivity index (χ2n) is 4.32. The number of thioether (sulfide) groups is 1. The van der Waals surface area contributed by atoms with E-state index in [-0.39, 0.29) is 6.10 Å². The van der Waals surface area contributed by atoms with Crippen molar-refractivity contribution in [2.45, 2.75) is 36.7 Å². The zero-order valence-electron chi connectivity index (χ0n) is 9.98. The lowest BCUT2D eigenvalue weighted by molar-refractivity contribution is 0.0353. The van der Waals surface area contributed by atoms with Crippen molar-refractivity contribution in [2.24, 2.45) is 0 Å². The minimum atomic E-state index is -0.358. The molecule has 3 nitrogen and oxygen atoms in total. The Bertz CT molecular complexity index is 180. The summed E-state index contributed by atoms with van der Waals surface area (Å²) in [5.41, 5.74) is 0. The minimum Gasteiger partial charge on any atom is -0.389 e. The number of hydrogen-bond acceptors (Lipinski definition) is 4. The molecular formula is C11H23NO2S. The Hall–Kier alpha value is 0.230. The molecule has 3 atom stereocenters. The maximum atomic E-state index is 9.67. The lowest BCUT2D eigenvalue weighted by Crippen LogP contribution is -2.41.